The van der Waals surface area contributed by atoms with Crippen LogP contribution in [0, 0.1) is 5.82 Å². The summed E-state index contributed by atoms with van der Waals surface area (Å²) in [5, 5.41) is 22.6. The molecular formula is C33H35Cl2FN6O3. The van der Waals surface area contributed by atoms with Crippen LogP contribution in [0.1, 0.15) is 30.9 Å². The third-order valence-corrected chi connectivity index (χ3v) is 8.24. The summed E-state index contributed by atoms with van der Waals surface area (Å²) in [4.78, 5) is 20.7. The molecule has 0 saturated carbocycles. The summed E-state index contributed by atoms with van der Waals surface area (Å²) in [5.74, 6) is 0.125. The van der Waals surface area contributed by atoms with Crippen LogP contribution >= 0.6 is 23.2 Å². The highest BCUT2D eigenvalue weighted by Gasteiger charge is 2.21. The third-order valence-electron chi connectivity index (χ3n) is 7.45. The van der Waals surface area contributed by atoms with E-state index >= 15 is 4.39 Å². The predicted octanol–water partition coefficient (Wildman–Crippen LogP) is 5.85. The van der Waals surface area contributed by atoms with E-state index in [9.17, 15) is 9.90 Å². The number of aliphatic hydroxyl groups excluding tert-OH is 1. The summed E-state index contributed by atoms with van der Waals surface area (Å²) in [6.45, 7) is 3.46. The first-order valence-electron chi connectivity index (χ1n) is 14.7. The Labute approximate surface area is 271 Å². The molecule has 4 aromatic rings. The number of nitrogens with zero attached hydrogens (tertiary/aromatic N) is 2. The number of halogens is 3. The van der Waals surface area contributed by atoms with Crippen LogP contribution in [0.2, 0.25) is 10.0 Å². The molecule has 1 aliphatic rings. The molecular weight excluding hydrogens is 618 g/mol. The first-order chi connectivity index (χ1) is 21.7. The van der Waals surface area contributed by atoms with E-state index in [1.54, 1.807) is 44.5 Å². The normalized spacial score (nSPS) is 15.2. The number of pyridine rings is 2. The van der Waals surface area contributed by atoms with Crippen molar-refractivity contribution in [1.82, 2.24) is 25.9 Å². The standard InChI is InChI=1S/C33H35Cl2FN6O3/c1-19(43)15-37-16-20-5-3-8-27(31(20)36)41-26-13-14-39-32(30(26)35)24-7-4-6-23(29(24)34)25-11-9-21(33(42-25)45-2)17-38-18-22-10-12-28(44)40-22/h3-9,11,13-14,19,22,37-38,43H,10,12,15-18H2,1-2H3,(H,39,41)(H,40,44)/t19-,22-/m0/s1. The topological polar surface area (TPSA) is 120 Å². The summed E-state index contributed by atoms with van der Waals surface area (Å²) in [6.07, 6.45) is 2.43. The number of carbonyl (C=O) groups excluding carboxylic acids is 1. The van der Waals surface area contributed by atoms with E-state index in [0.717, 1.165) is 12.0 Å². The second-order valence-corrected chi connectivity index (χ2v) is 11.6. The largest absolute Gasteiger partial charge is 0.481 e. The fourth-order valence-corrected chi connectivity index (χ4v) is 5.73. The van der Waals surface area contributed by atoms with Gasteiger partial charge in [-0.1, -0.05) is 59.6 Å². The molecule has 0 radical (unpaired) electrons. The molecule has 1 fully saturated rings. The lowest BCUT2D eigenvalue weighted by molar-refractivity contribution is -0.119. The minimum absolute atomic E-state index is 0.0847. The molecule has 2 aromatic carbocycles. The molecule has 9 nitrogen and oxygen atoms in total. The third kappa shape index (κ3) is 7.89. The number of benzene rings is 2. The van der Waals surface area contributed by atoms with Gasteiger partial charge in [0, 0.05) is 67.1 Å². The lowest BCUT2D eigenvalue weighted by atomic mass is 10.0. The Balaban J connectivity index is 1.36. The minimum Gasteiger partial charge on any atom is -0.481 e. The fourth-order valence-electron chi connectivity index (χ4n) is 5.16. The summed E-state index contributed by atoms with van der Waals surface area (Å²) >= 11 is 13.8. The molecule has 0 unspecified atom stereocenters. The Morgan fingerprint density at radius 3 is 2.56 bits per heavy atom. The average molecular weight is 654 g/mol. The number of rotatable bonds is 13. The lowest BCUT2D eigenvalue weighted by Gasteiger charge is -2.16. The molecule has 1 amide bonds. The van der Waals surface area contributed by atoms with Crippen LogP contribution in [-0.4, -0.2) is 53.3 Å². The van der Waals surface area contributed by atoms with E-state index in [1.807, 2.05) is 30.3 Å². The van der Waals surface area contributed by atoms with Crippen LogP contribution in [0.4, 0.5) is 15.8 Å². The number of hydrogen-bond donors (Lipinski definition) is 5. The van der Waals surface area contributed by atoms with Gasteiger partial charge in [-0.05, 0) is 31.5 Å². The van der Waals surface area contributed by atoms with Gasteiger partial charge in [-0.2, -0.15) is 0 Å². The first-order valence-corrected chi connectivity index (χ1v) is 15.4. The molecule has 2 atom stereocenters. The van der Waals surface area contributed by atoms with Gasteiger partial charge in [-0.25, -0.2) is 9.37 Å². The van der Waals surface area contributed by atoms with Crippen molar-refractivity contribution in [1.29, 1.82) is 0 Å². The monoisotopic (exact) mass is 652 g/mol. The zero-order valence-electron chi connectivity index (χ0n) is 25.0. The average Bonchev–Trinajstić information content (AvgIpc) is 3.45. The Morgan fingerprint density at radius 1 is 1.02 bits per heavy atom. The van der Waals surface area contributed by atoms with Crippen molar-refractivity contribution in [3.63, 3.8) is 0 Å². The summed E-state index contributed by atoms with van der Waals surface area (Å²) in [7, 11) is 1.57. The van der Waals surface area contributed by atoms with Gasteiger partial charge in [-0.3, -0.25) is 9.78 Å². The number of aromatic nitrogens is 2. The summed E-state index contributed by atoms with van der Waals surface area (Å²) < 4.78 is 20.9. The predicted molar refractivity (Wildman–Crippen MR) is 175 cm³/mol. The molecule has 45 heavy (non-hydrogen) atoms. The first kappa shape index (κ1) is 32.6. The Hall–Kier alpha value is -3.80. The van der Waals surface area contributed by atoms with Gasteiger partial charge in [0.05, 0.1) is 46.0 Å². The van der Waals surface area contributed by atoms with Crippen LogP contribution in [-0.2, 0) is 17.9 Å². The number of methoxy groups -OCH3 is 1. The second-order valence-electron chi connectivity index (χ2n) is 10.9. The zero-order valence-corrected chi connectivity index (χ0v) is 26.5. The lowest BCUT2D eigenvalue weighted by Crippen LogP contribution is -2.35. The van der Waals surface area contributed by atoms with E-state index < -0.39 is 11.9 Å². The maximum atomic E-state index is 15.3. The van der Waals surface area contributed by atoms with Crippen molar-refractivity contribution in [2.75, 3.05) is 25.5 Å². The van der Waals surface area contributed by atoms with E-state index in [4.69, 9.17) is 32.9 Å². The van der Waals surface area contributed by atoms with Crippen molar-refractivity contribution in [3.8, 4) is 28.4 Å². The molecule has 12 heteroatoms. The van der Waals surface area contributed by atoms with Gasteiger partial charge >= 0.3 is 0 Å². The number of aliphatic hydroxyl groups is 1. The number of carbonyl (C=O) groups is 1. The van der Waals surface area contributed by atoms with Gasteiger partial charge < -0.3 is 31.1 Å². The number of anilines is 2. The van der Waals surface area contributed by atoms with Crippen molar-refractivity contribution in [2.24, 2.45) is 0 Å². The number of amides is 1. The van der Waals surface area contributed by atoms with Crippen LogP contribution in [0.15, 0.2) is 60.8 Å². The van der Waals surface area contributed by atoms with Crippen LogP contribution in [0.25, 0.3) is 22.5 Å². The van der Waals surface area contributed by atoms with Gasteiger partial charge in [0.2, 0.25) is 11.8 Å². The maximum absolute atomic E-state index is 15.3. The maximum Gasteiger partial charge on any atom is 0.220 e. The van der Waals surface area contributed by atoms with Crippen molar-refractivity contribution in [2.45, 2.75) is 45.0 Å². The van der Waals surface area contributed by atoms with Crippen LogP contribution in [0.3, 0.4) is 0 Å². The highest BCUT2D eigenvalue weighted by molar-refractivity contribution is 6.39. The molecule has 5 rings (SSSR count). The van der Waals surface area contributed by atoms with E-state index in [0.29, 0.717) is 70.7 Å². The molecule has 3 heterocycles. The highest BCUT2D eigenvalue weighted by atomic mass is 35.5. The smallest absolute Gasteiger partial charge is 0.220 e. The fraction of sp³-hybridized carbons (Fsp3) is 0.303. The SMILES string of the molecule is COc1nc(-c2cccc(-c3nccc(Nc4cccc(CNC[C@H](C)O)c4F)c3Cl)c2Cl)ccc1CNC[C@@H]1CCC(=O)N1. The molecule has 236 valence electrons. The molecule has 0 bridgehead atoms. The molecule has 1 aliphatic heterocycles. The summed E-state index contributed by atoms with van der Waals surface area (Å²) in [6, 6.07) is 16.2. The molecule has 5 N–H and O–H groups in total. The Morgan fingerprint density at radius 2 is 1.80 bits per heavy atom. The quantitative estimate of drug-likeness (QED) is 0.122. The summed E-state index contributed by atoms with van der Waals surface area (Å²) in [5.41, 5.74) is 4.33. The van der Waals surface area contributed by atoms with Gasteiger partial charge in [0.15, 0.2) is 5.82 Å². The molecule has 1 saturated heterocycles. The molecule has 0 spiro atoms. The molecule has 2 aromatic heterocycles. The van der Waals surface area contributed by atoms with Crippen LogP contribution < -0.4 is 26.0 Å². The Bertz CT molecular complexity index is 1670. The van der Waals surface area contributed by atoms with Crippen LogP contribution in [0.5, 0.6) is 5.88 Å². The van der Waals surface area contributed by atoms with E-state index in [-0.39, 0.29) is 29.2 Å². The zero-order chi connectivity index (χ0) is 31.9. The van der Waals surface area contributed by atoms with Crippen molar-refractivity contribution >= 4 is 40.5 Å². The molecule has 0 aliphatic carbocycles. The second kappa shape index (κ2) is 15.0. The van der Waals surface area contributed by atoms with E-state index in [2.05, 4.69) is 26.3 Å². The van der Waals surface area contributed by atoms with E-state index in [1.165, 1.54) is 0 Å². The number of ether oxygens (including phenoxy) is 1. The van der Waals surface area contributed by atoms with Gasteiger partial charge in [0.1, 0.15) is 0 Å². The number of nitrogens with one attached hydrogen (secondary N) is 4. The number of hydrogen-bond acceptors (Lipinski definition) is 8. The van der Waals surface area contributed by atoms with Gasteiger partial charge in [0.25, 0.3) is 0 Å². The minimum atomic E-state index is -0.535. The Kier molecular flexibility index (Phi) is 10.9. The van der Waals surface area contributed by atoms with Crippen molar-refractivity contribution in [3.05, 3.63) is 87.8 Å². The van der Waals surface area contributed by atoms with Gasteiger partial charge in [-0.15, -0.1) is 0 Å². The van der Waals surface area contributed by atoms with Crippen molar-refractivity contribution < 1.29 is 19.0 Å². The highest BCUT2D eigenvalue weighted by Crippen LogP contribution is 2.41.